The second-order valence-electron chi connectivity index (χ2n) is 4.04. The van der Waals surface area contributed by atoms with Crippen molar-refractivity contribution in [2.75, 3.05) is 7.05 Å². The molecule has 92 valence electrons. The number of carbonyl (C=O) groups is 1. The number of phenols is 1. The largest absolute Gasteiger partial charge is 0.508 e. The summed E-state index contributed by atoms with van der Waals surface area (Å²) in [5.41, 5.74) is 1.39. The number of amides is 1. The molecule has 0 aliphatic rings. The van der Waals surface area contributed by atoms with Gasteiger partial charge in [0, 0.05) is 19.8 Å². The van der Waals surface area contributed by atoms with Gasteiger partial charge in [-0.3, -0.25) is 9.78 Å². The lowest BCUT2D eigenvalue weighted by Gasteiger charge is -2.16. The van der Waals surface area contributed by atoms with Crippen LogP contribution in [0.3, 0.4) is 0 Å². The normalized spacial score (nSPS) is 10.1. The molecule has 1 heterocycles. The van der Waals surface area contributed by atoms with E-state index in [0.717, 1.165) is 5.56 Å². The van der Waals surface area contributed by atoms with Crippen LogP contribution in [0.5, 0.6) is 5.75 Å². The van der Waals surface area contributed by atoms with Crippen molar-refractivity contribution >= 4 is 5.91 Å². The van der Waals surface area contributed by atoms with Crippen molar-refractivity contribution in [3.05, 3.63) is 59.9 Å². The van der Waals surface area contributed by atoms with Crippen molar-refractivity contribution in [3.8, 4) is 5.75 Å². The third kappa shape index (κ3) is 2.85. The van der Waals surface area contributed by atoms with E-state index in [1.807, 2.05) is 0 Å². The fourth-order valence-corrected chi connectivity index (χ4v) is 1.63. The summed E-state index contributed by atoms with van der Waals surface area (Å²) in [6.07, 6.45) is 1.60. The summed E-state index contributed by atoms with van der Waals surface area (Å²) in [5.74, 6) is 0.0983. The van der Waals surface area contributed by atoms with Crippen LogP contribution in [0.1, 0.15) is 16.1 Å². The van der Waals surface area contributed by atoms with Crippen molar-refractivity contribution in [1.82, 2.24) is 9.88 Å². The van der Waals surface area contributed by atoms with Crippen LogP contribution in [0.15, 0.2) is 48.7 Å². The maximum absolute atomic E-state index is 12.0. The Morgan fingerprint density at radius 3 is 2.56 bits per heavy atom. The van der Waals surface area contributed by atoms with Crippen molar-refractivity contribution < 1.29 is 9.90 Å². The molecule has 4 nitrogen and oxygen atoms in total. The van der Waals surface area contributed by atoms with Crippen molar-refractivity contribution in [2.24, 2.45) is 0 Å². The molecular weight excluding hydrogens is 228 g/mol. The minimum absolute atomic E-state index is 0.122. The second-order valence-corrected chi connectivity index (χ2v) is 4.04. The number of aromatic hydroxyl groups is 1. The maximum Gasteiger partial charge on any atom is 0.272 e. The average Bonchev–Trinajstić information content (AvgIpc) is 2.41. The first-order valence-corrected chi connectivity index (χ1v) is 5.61. The zero-order valence-corrected chi connectivity index (χ0v) is 10.1. The Morgan fingerprint density at radius 2 is 1.94 bits per heavy atom. The van der Waals surface area contributed by atoms with Gasteiger partial charge in [-0.05, 0) is 29.8 Å². The Kier molecular flexibility index (Phi) is 3.57. The summed E-state index contributed by atoms with van der Waals surface area (Å²) >= 11 is 0. The first-order chi connectivity index (χ1) is 8.66. The monoisotopic (exact) mass is 242 g/mol. The number of aromatic nitrogens is 1. The Hall–Kier alpha value is -2.36. The molecule has 4 heteroatoms. The number of pyridine rings is 1. The molecule has 0 fully saturated rings. The lowest BCUT2D eigenvalue weighted by atomic mass is 10.2. The Balaban J connectivity index is 2.06. The van der Waals surface area contributed by atoms with E-state index >= 15 is 0 Å². The molecule has 1 amide bonds. The molecular formula is C14H14N2O2. The Morgan fingerprint density at radius 1 is 1.22 bits per heavy atom. The highest BCUT2D eigenvalue weighted by molar-refractivity contribution is 5.91. The number of carbonyl (C=O) groups excluding carboxylic acids is 1. The predicted molar refractivity (Wildman–Crippen MR) is 68.1 cm³/mol. The standard InChI is InChI=1S/C14H14N2O2/c1-16(10-11-5-7-12(17)8-6-11)14(18)13-4-2-3-9-15-13/h2-9,17H,10H2,1H3. The molecule has 0 saturated carbocycles. The van der Waals surface area contributed by atoms with Crippen LogP contribution in [0.4, 0.5) is 0 Å². The molecule has 0 bridgehead atoms. The molecule has 0 unspecified atom stereocenters. The van der Waals surface area contributed by atoms with Gasteiger partial charge in [-0.15, -0.1) is 0 Å². The van der Waals surface area contributed by atoms with E-state index in [4.69, 9.17) is 0 Å². The number of benzene rings is 1. The molecule has 2 rings (SSSR count). The van der Waals surface area contributed by atoms with Gasteiger partial charge in [0.1, 0.15) is 11.4 Å². The summed E-state index contributed by atoms with van der Waals surface area (Å²) < 4.78 is 0. The van der Waals surface area contributed by atoms with Crippen LogP contribution in [-0.4, -0.2) is 27.9 Å². The summed E-state index contributed by atoms with van der Waals surface area (Å²) in [5, 5.41) is 9.19. The number of phenolic OH excluding ortho intramolecular Hbond substituents is 1. The van der Waals surface area contributed by atoms with Gasteiger partial charge in [-0.25, -0.2) is 0 Å². The summed E-state index contributed by atoms with van der Waals surface area (Å²) in [7, 11) is 1.73. The van der Waals surface area contributed by atoms with Crippen LogP contribution in [0.2, 0.25) is 0 Å². The molecule has 1 N–H and O–H groups in total. The first-order valence-electron chi connectivity index (χ1n) is 5.61. The van der Waals surface area contributed by atoms with Gasteiger partial charge >= 0.3 is 0 Å². The van der Waals surface area contributed by atoms with Gasteiger partial charge in [0.25, 0.3) is 5.91 Å². The second kappa shape index (κ2) is 5.31. The maximum atomic E-state index is 12.0. The summed E-state index contributed by atoms with van der Waals surface area (Å²) in [6.45, 7) is 0.482. The smallest absolute Gasteiger partial charge is 0.272 e. The van der Waals surface area contributed by atoms with Crippen molar-refractivity contribution in [2.45, 2.75) is 6.54 Å². The summed E-state index contributed by atoms with van der Waals surface area (Å²) in [6, 6.07) is 12.0. The Labute approximate surface area is 106 Å². The molecule has 0 saturated heterocycles. The van der Waals surface area contributed by atoms with Crippen molar-refractivity contribution in [1.29, 1.82) is 0 Å². The quantitative estimate of drug-likeness (QED) is 0.896. The van der Waals surface area contributed by atoms with Crippen LogP contribution in [0.25, 0.3) is 0 Å². The molecule has 0 atom stereocenters. The van der Waals surface area contributed by atoms with Gasteiger partial charge in [-0.2, -0.15) is 0 Å². The van der Waals surface area contributed by atoms with Crippen molar-refractivity contribution in [3.63, 3.8) is 0 Å². The van der Waals surface area contributed by atoms with E-state index in [0.29, 0.717) is 12.2 Å². The number of rotatable bonds is 3. The van der Waals surface area contributed by atoms with Gasteiger partial charge in [0.2, 0.25) is 0 Å². The molecule has 0 radical (unpaired) electrons. The van der Waals surface area contributed by atoms with Gasteiger partial charge in [-0.1, -0.05) is 18.2 Å². The molecule has 1 aromatic heterocycles. The average molecular weight is 242 g/mol. The third-order valence-corrected chi connectivity index (χ3v) is 2.59. The molecule has 0 spiro atoms. The van der Waals surface area contributed by atoms with Gasteiger partial charge < -0.3 is 10.0 Å². The van der Waals surface area contributed by atoms with Crippen LogP contribution >= 0.6 is 0 Å². The molecule has 0 aliphatic heterocycles. The lowest BCUT2D eigenvalue weighted by molar-refractivity contribution is 0.0779. The predicted octanol–water partition coefficient (Wildman–Crippen LogP) is 2.06. The fraction of sp³-hybridized carbons (Fsp3) is 0.143. The van der Waals surface area contributed by atoms with Gasteiger partial charge in [0.05, 0.1) is 0 Å². The minimum atomic E-state index is -0.122. The van der Waals surface area contributed by atoms with E-state index < -0.39 is 0 Å². The first kappa shape index (κ1) is 12.1. The zero-order valence-electron chi connectivity index (χ0n) is 10.1. The van der Waals surface area contributed by atoms with E-state index in [9.17, 15) is 9.90 Å². The lowest BCUT2D eigenvalue weighted by Crippen LogP contribution is -2.26. The molecule has 18 heavy (non-hydrogen) atoms. The van der Waals surface area contributed by atoms with Crippen LogP contribution in [-0.2, 0) is 6.54 Å². The topological polar surface area (TPSA) is 53.4 Å². The van der Waals surface area contributed by atoms with Crippen LogP contribution < -0.4 is 0 Å². The van der Waals surface area contributed by atoms with E-state index in [1.54, 1.807) is 60.6 Å². The van der Waals surface area contributed by atoms with E-state index in [1.165, 1.54) is 0 Å². The highest BCUT2D eigenvalue weighted by atomic mass is 16.3. The molecule has 0 aliphatic carbocycles. The van der Waals surface area contributed by atoms with Crippen LogP contribution in [0, 0.1) is 0 Å². The Bertz CT molecular complexity index is 523. The molecule has 2 aromatic rings. The zero-order chi connectivity index (χ0) is 13.0. The summed E-state index contributed by atoms with van der Waals surface area (Å²) in [4.78, 5) is 17.6. The number of hydrogen-bond acceptors (Lipinski definition) is 3. The highest BCUT2D eigenvalue weighted by Crippen LogP contribution is 2.12. The SMILES string of the molecule is CN(Cc1ccc(O)cc1)C(=O)c1ccccn1. The highest BCUT2D eigenvalue weighted by Gasteiger charge is 2.12. The third-order valence-electron chi connectivity index (χ3n) is 2.59. The fourth-order valence-electron chi connectivity index (χ4n) is 1.63. The number of hydrogen-bond donors (Lipinski definition) is 1. The van der Waals surface area contributed by atoms with Gasteiger partial charge in [0.15, 0.2) is 0 Å². The number of nitrogens with zero attached hydrogens (tertiary/aromatic N) is 2. The molecule has 1 aromatic carbocycles. The van der Waals surface area contributed by atoms with E-state index in [2.05, 4.69) is 4.98 Å². The minimum Gasteiger partial charge on any atom is -0.508 e. The van der Waals surface area contributed by atoms with E-state index in [-0.39, 0.29) is 11.7 Å².